The van der Waals surface area contributed by atoms with Gasteiger partial charge in [-0.05, 0) is 36.8 Å². The third kappa shape index (κ3) is 3.03. The molecule has 0 bridgehead atoms. The van der Waals surface area contributed by atoms with Crippen molar-refractivity contribution in [3.8, 4) is 5.75 Å². The molecule has 1 nitrogen and oxygen atoms in total. The summed E-state index contributed by atoms with van der Waals surface area (Å²) in [6, 6.07) is 12.8. The van der Waals surface area contributed by atoms with E-state index in [0.717, 1.165) is 5.56 Å². The Labute approximate surface area is 98.7 Å². The molecule has 0 spiro atoms. The number of ether oxygens (including phenoxy) is 1. The molecule has 2 rings (SSSR count). The van der Waals surface area contributed by atoms with Crippen molar-refractivity contribution in [2.75, 3.05) is 0 Å². The van der Waals surface area contributed by atoms with Crippen molar-refractivity contribution in [3.63, 3.8) is 0 Å². The molecule has 2 aromatic rings. The van der Waals surface area contributed by atoms with Crippen LogP contribution in [-0.4, -0.2) is 0 Å². The largest absolute Gasteiger partial charge is 0.485 e. The van der Waals surface area contributed by atoms with Gasteiger partial charge in [-0.3, -0.25) is 0 Å². The van der Waals surface area contributed by atoms with Crippen LogP contribution in [0.4, 0.5) is 8.78 Å². The molecule has 0 saturated heterocycles. The molecule has 3 heteroatoms. The van der Waals surface area contributed by atoms with Gasteiger partial charge in [-0.2, -0.15) is 0 Å². The minimum absolute atomic E-state index is 0.284. The molecule has 1 radical (unpaired) electrons. The molecule has 0 aliphatic rings. The number of hydrogen-bond donors (Lipinski definition) is 0. The maximum atomic E-state index is 12.9. The van der Waals surface area contributed by atoms with Crippen molar-refractivity contribution < 1.29 is 13.5 Å². The first kappa shape index (κ1) is 11.6. The normalized spacial score (nSPS) is 12.2. The van der Waals surface area contributed by atoms with Gasteiger partial charge in [-0.1, -0.05) is 12.1 Å². The lowest BCUT2D eigenvalue weighted by Gasteiger charge is -2.14. The minimum Gasteiger partial charge on any atom is -0.485 e. The second-order valence-electron chi connectivity index (χ2n) is 3.68. The zero-order valence-electron chi connectivity index (χ0n) is 9.28. The maximum absolute atomic E-state index is 12.9. The highest BCUT2D eigenvalue weighted by molar-refractivity contribution is 5.24. The zero-order chi connectivity index (χ0) is 12.3. The summed E-state index contributed by atoms with van der Waals surface area (Å²) in [6.45, 7) is 1.81. The molecule has 0 aliphatic heterocycles. The smallest absolute Gasteiger partial charge is 0.131 e. The molecular weight excluding hydrogens is 222 g/mol. The van der Waals surface area contributed by atoms with E-state index in [1.807, 2.05) is 6.92 Å². The molecule has 0 fully saturated rings. The Morgan fingerprint density at radius 2 is 1.76 bits per heavy atom. The molecule has 0 aromatic heterocycles. The highest BCUT2D eigenvalue weighted by Crippen LogP contribution is 2.21. The zero-order valence-corrected chi connectivity index (χ0v) is 9.28. The topological polar surface area (TPSA) is 9.23 Å². The van der Waals surface area contributed by atoms with Crippen LogP contribution in [0.5, 0.6) is 5.75 Å². The van der Waals surface area contributed by atoms with Crippen molar-refractivity contribution in [2.45, 2.75) is 13.0 Å². The lowest BCUT2D eigenvalue weighted by atomic mass is 10.1. The molecule has 0 aliphatic carbocycles. The van der Waals surface area contributed by atoms with Crippen LogP contribution < -0.4 is 4.74 Å². The second-order valence-corrected chi connectivity index (χ2v) is 3.68. The number of halogens is 2. The van der Waals surface area contributed by atoms with E-state index in [-0.39, 0.29) is 17.7 Å². The fourth-order valence-corrected chi connectivity index (χ4v) is 1.48. The quantitative estimate of drug-likeness (QED) is 0.781. The van der Waals surface area contributed by atoms with E-state index in [1.54, 1.807) is 12.1 Å². The van der Waals surface area contributed by atoms with Gasteiger partial charge in [-0.25, -0.2) is 8.78 Å². The van der Waals surface area contributed by atoms with E-state index in [1.165, 1.54) is 30.3 Å². The van der Waals surface area contributed by atoms with Crippen LogP contribution in [0.15, 0.2) is 42.5 Å². The second kappa shape index (κ2) is 4.95. The minimum atomic E-state index is -0.370. The monoisotopic (exact) mass is 233 g/mol. The summed E-state index contributed by atoms with van der Waals surface area (Å²) in [6.07, 6.45) is -0.284. The molecule has 0 N–H and O–H groups in total. The molecule has 2 aromatic carbocycles. The summed E-state index contributed by atoms with van der Waals surface area (Å²) in [7, 11) is 0. The van der Waals surface area contributed by atoms with Crippen molar-refractivity contribution in [1.29, 1.82) is 0 Å². The predicted molar refractivity (Wildman–Crippen MR) is 60.7 cm³/mol. The van der Waals surface area contributed by atoms with Crippen molar-refractivity contribution in [1.82, 2.24) is 0 Å². The summed E-state index contributed by atoms with van der Waals surface area (Å²) < 4.78 is 31.2. The number of rotatable bonds is 3. The Balaban J connectivity index is 2.11. The Morgan fingerprint density at radius 1 is 1.06 bits per heavy atom. The van der Waals surface area contributed by atoms with E-state index in [0.29, 0.717) is 5.75 Å². The van der Waals surface area contributed by atoms with Crippen molar-refractivity contribution in [3.05, 3.63) is 65.7 Å². The van der Waals surface area contributed by atoms with Crippen LogP contribution in [-0.2, 0) is 0 Å². The van der Waals surface area contributed by atoms with Gasteiger partial charge >= 0.3 is 0 Å². The lowest BCUT2D eigenvalue weighted by Crippen LogP contribution is -2.03. The predicted octanol–water partition coefficient (Wildman–Crippen LogP) is 3.90. The van der Waals surface area contributed by atoms with Crippen molar-refractivity contribution in [2.24, 2.45) is 0 Å². The van der Waals surface area contributed by atoms with Gasteiger partial charge in [0.05, 0.1) is 0 Å². The van der Waals surface area contributed by atoms with E-state index in [4.69, 9.17) is 4.74 Å². The van der Waals surface area contributed by atoms with Gasteiger partial charge in [0.15, 0.2) is 0 Å². The standard InChI is InChI=1S/C14H11F2O/c1-10(11-5-7-12(15)8-6-11)17-14-4-2-3-13(16)9-14/h2-3,5-10H,1H3/t10-/m1/s1. The SMILES string of the molecule is C[C@@H](Oc1[c]ccc(F)c1)c1ccc(F)cc1. The fourth-order valence-electron chi connectivity index (χ4n) is 1.48. The maximum Gasteiger partial charge on any atom is 0.131 e. The Bertz CT molecular complexity index is 494. The summed E-state index contributed by atoms with van der Waals surface area (Å²) >= 11 is 0. The molecule has 17 heavy (non-hydrogen) atoms. The van der Waals surface area contributed by atoms with Gasteiger partial charge < -0.3 is 4.74 Å². The molecule has 0 saturated carbocycles. The first-order valence-corrected chi connectivity index (χ1v) is 5.24. The highest BCUT2D eigenvalue weighted by atomic mass is 19.1. The Kier molecular flexibility index (Phi) is 3.38. The number of hydrogen-bond acceptors (Lipinski definition) is 1. The van der Waals surface area contributed by atoms with Crippen molar-refractivity contribution >= 4 is 0 Å². The van der Waals surface area contributed by atoms with Crippen LogP contribution in [0.3, 0.4) is 0 Å². The summed E-state index contributed by atoms with van der Waals surface area (Å²) in [5, 5.41) is 0. The Morgan fingerprint density at radius 3 is 2.41 bits per heavy atom. The third-order valence-corrected chi connectivity index (χ3v) is 2.38. The van der Waals surface area contributed by atoms with Crippen LogP contribution in [0.2, 0.25) is 0 Å². The summed E-state index contributed by atoms with van der Waals surface area (Å²) in [4.78, 5) is 0. The van der Waals surface area contributed by atoms with Gasteiger partial charge in [0.25, 0.3) is 0 Å². The van der Waals surface area contributed by atoms with Crippen LogP contribution in [0, 0.1) is 17.7 Å². The van der Waals surface area contributed by atoms with Gasteiger partial charge in [0.2, 0.25) is 0 Å². The highest BCUT2D eigenvalue weighted by Gasteiger charge is 2.07. The summed E-state index contributed by atoms with van der Waals surface area (Å²) in [5.41, 5.74) is 0.823. The molecule has 0 heterocycles. The van der Waals surface area contributed by atoms with Gasteiger partial charge in [-0.15, -0.1) is 0 Å². The van der Waals surface area contributed by atoms with Gasteiger partial charge in [0.1, 0.15) is 23.5 Å². The van der Waals surface area contributed by atoms with E-state index in [2.05, 4.69) is 6.07 Å². The molecule has 87 valence electrons. The van der Waals surface area contributed by atoms with Gasteiger partial charge in [0, 0.05) is 12.1 Å². The van der Waals surface area contributed by atoms with Crippen LogP contribution in [0.25, 0.3) is 0 Å². The summed E-state index contributed by atoms with van der Waals surface area (Å²) in [5.74, 6) is -0.329. The molecule has 1 atom stereocenters. The molecule has 0 amide bonds. The van der Waals surface area contributed by atoms with E-state index >= 15 is 0 Å². The molecule has 0 unspecified atom stereocenters. The fraction of sp³-hybridized carbons (Fsp3) is 0.143. The first-order valence-electron chi connectivity index (χ1n) is 5.24. The number of benzene rings is 2. The average Bonchev–Trinajstić information content (AvgIpc) is 2.29. The van der Waals surface area contributed by atoms with Crippen LogP contribution in [0.1, 0.15) is 18.6 Å². The van der Waals surface area contributed by atoms with E-state index < -0.39 is 0 Å². The first-order chi connectivity index (χ1) is 8.15. The van der Waals surface area contributed by atoms with E-state index in [9.17, 15) is 8.78 Å². The Hall–Kier alpha value is -1.90. The lowest BCUT2D eigenvalue weighted by molar-refractivity contribution is 0.225. The average molecular weight is 233 g/mol. The molecular formula is C14H11F2O. The van der Waals surface area contributed by atoms with Crippen LogP contribution >= 0.6 is 0 Å². The third-order valence-electron chi connectivity index (χ3n) is 2.38.